The van der Waals surface area contributed by atoms with Crippen LogP contribution < -0.4 is 5.73 Å². The quantitative estimate of drug-likeness (QED) is 0.303. The second kappa shape index (κ2) is 7.43. The van der Waals surface area contributed by atoms with Gasteiger partial charge in [-0.05, 0) is 24.3 Å². The van der Waals surface area contributed by atoms with E-state index in [1.165, 1.54) is 29.1 Å². The zero-order valence-corrected chi connectivity index (χ0v) is 15.0. The Morgan fingerprint density at radius 3 is 2.57 bits per heavy atom. The third-order valence-corrected chi connectivity index (χ3v) is 4.35. The van der Waals surface area contributed by atoms with Crippen molar-refractivity contribution in [1.82, 2.24) is 19.6 Å². The highest BCUT2D eigenvalue weighted by molar-refractivity contribution is 6.04. The average Bonchev–Trinajstić information content (AvgIpc) is 3.34. The number of halogens is 4. The van der Waals surface area contributed by atoms with Crippen LogP contribution in [0.15, 0.2) is 53.9 Å². The standard InChI is InChI=1S/C19H12F4N6O/c20-11-2-1-3-12(21)15(11)16-10(6-26-28-16)9-4-5-14-25-7-13(29(14)8-9)18(24)27-19(30)17(22)23/h1-8,17H,(H,26,28)(H2,24,27,30). The van der Waals surface area contributed by atoms with Gasteiger partial charge in [-0.2, -0.15) is 18.9 Å². The normalized spacial score (nSPS) is 12.1. The number of nitrogens with zero attached hydrogens (tertiary/aromatic N) is 4. The van der Waals surface area contributed by atoms with Gasteiger partial charge in [-0.3, -0.25) is 14.3 Å². The fraction of sp³-hybridized carbons (Fsp3) is 0.0526. The number of nitrogens with two attached hydrogens (primary N) is 1. The first kappa shape index (κ1) is 19.3. The number of nitrogens with one attached hydrogen (secondary N) is 1. The first-order valence-electron chi connectivity index (χ1n) is 8.48. The maximum absolute atomic E-state index is 14.2. The minimum atomic E-state index is -3.29. The summed E-state index contributed by atoms with van der Waals surface area (Å²) in [5, 5.41) is 6.47. The average molecular weight is 416 g/mol. The van der Waals surface area contributed by atoms with Crippen LogP contribution in [0.5, 0.6) is 0 Å². The van der Waals surface area contributed by atoms with E-state index >= 15 is 0 Å². The Hall–Kier alpha value is -4.02. The van der Waals surface area contributed by atoms with Gasteiger partial charge in [-0.1, -0.05) is 6.07 Å². The molecule has 1 amide bonds. The van der Waals surface area contributed by atoms with Crippen molar-refractivity contribution in [2.75, 3.05) is 0 Å². The Balaban J connectivity index is 1.84. The van der Waals surface area contributed by atoms with Crippen LogP contribution in [0.2, 0.25) is 0 Å². The van der Waals surface area contributed by atoms with Gasteiger partial charge in [0.1, 0.15) is 23.0 Å². The summed E-state index contributed by atoms with van der Waals surface area (Å²) < 4.78 is 54.8. The molecule has 11 heteroatoms. The summed E-state index contributed by atoms with van der Waals surface area (Å²) in [6.45, 7) is 0. The van der Waals surface area contributed by atoms with Crippen molar-refractivity contribution in [2.24, 2.45) is 10.7 Å². The Bertz CT molecular complexity index is 1270. The highest BCUT2D eigenvalue weighted by Crippen LogP contribution is 2.33. The number of rotatable bonds is 4. The highest BCUT2D eigenvalue weighted by atomic mass is 19.3. The first-order valence-corrected chi connectivity index (χ1v) is 8.48. The topological polar surface area (TPSA) is 101 Å². The number of alkyl halides is 2. The van der Waals surface area contributed by atoms with Crippen LogP contribution in [-0.4, -0.2) is 37.8 Å². The minimum Gasteiger partial charge on any atom is -0.382 e. The van der Waals surface area contributed by atoms with Gasteiger partial charge in [0.25, 0.3) is 0 Å². The number of hydrogen-bond acceptors (Lipinski definition) is 3. The van der Waals surface area contributed by atoms with E-state index in [1.54, 1.807) is 12.1 Å². The zero-order valence-electron chi connectivity index (χ0n) is 15.0. The summed E-state index contributed by atoms with van der Waals surface area (Å²) in [4.78, 5) is 18.4. The molecule has 0 spiro atoms. The van der Waals surface area contributed by atoms with Crippen molar-refractivity contribution < 1.29 is 22.4 Å². The van der Waals surface area contributed by atoms with Gasteiger partial charge >= 0.3 is 12.3 Å². The van der Waals surface area contributed by atoms with Crippen LogP contribution >= 0.6 is 0 Å². The molecule has 0 aliphatic carbocycles. The summed E-state index contributed by atoms with van der Waals surface area (Å²) in [7, 11) is 0. The summed E-state index contributed by atoms with van der Waals surface area (Å²) in [5.74, 6) is -3.66. The molecule has 4 aromatic rings. The summed E-state index contributed by atoms with van der Waals surface area (Å²) in [6, 6.07) is 6.71. The van der Waals surface area contributed by atoms with Crippen molar-refractivity contribution >= 4 is 17.4 Å². The largest absolute Gasteiger partial charge is 0.382 e. The molecule has 4 rings (SSSR count). The molecule has 0 saturated carbocycles. The van der Waals surface area contributed by atoms with E-state index in [2.05, 4.69) is 20.2 Å². The van der Waals surface area contributed by atoms with Crippen molar-refractivity contribution in [3.63, 3.8) is 0 Å². The number of amides is 1. The van der Waals surface area contributed by atoms with E-state index in [0.717, 1.165) is 12.1 Å². The lowest BCUT2D eigenvalue weighted by molar-refractivity contribution is -0.128. The van der Waals surface area contributed by atoms with Gasteiger partial charge in [0.15, 0.2) is 5.84 Å². The Labute approximate surface area is 165 Å². The van der Waals surface area contributed by atoms with Crippen molar-refractivity contribution in [3.8, 4) is 22.4 Å². The monoisotopic (exact) mass is 416 g/mol. The molecule has 1 aromatic carbocycles. The Morgan fingerprint density at radius 1 is 1.13 bits per heavy atom. The van der Waals surface area contributed by atoms with Gasteiger partial charge in [0.05, 0.1) is 23.7 Å². The lowest BCUT2D eigenvalue weighted by atomic mass is 10.0. The molecular formula is C19H12F4N6O. The van der Waals surface area contributed by atoms with Crippen LogP contribution in [0.25, 0.3) is 28.0 Å². The lowest BCUT2D eigenvalue weighted by Crippen LogP contribution is -2.20. The van der Waals surface area contributed by atoms with E-state index in [9.17, 15) is 22.4 Å². The second-order valence-corrected chi connectivity index (χ2v) is 6.18. The predicted molar refractivity (Wildman–Crippen MR) is 99.9 cm³/mol. The van der Waals surface area contributed by atoms with Crippen molar-refractivity contribution in [1.29, 1.82) is 0 Å². The number of carbonyl (C=O) groups excluding carboxylic acids is 1. The number of hydrogen-bond donors (Lipinski definition) is 2. The van der Waals surface area contributed by atoms with Crippen LogP contribution in [-0.2, 0) is 4.79 Å². The molecule has 30 heavy (non-hydrogen) atoms. The number of aromatic nitrogens is 4. The van der Waals surface area contributed by atoms with Crippen LogP contribution in [0.1, 0.15) is 5.69 Å². The number of aromatic amines is 1. The molecule has 0 aliphatic heterocycles. The number of H-pyrrole nitrogens is 1. The highest BCUT2D eigenvalue weighted by Gasteiger charge is 2.20. The molecule has 7 nitrogen and oxygen atoms in total. The molecule has 3 heterocycles. The van der Waals surface area contributed by atoms with Crippen LogP contribution in [0.3, 0.4) is 0 Å². The molecule has 0 atom stereocenters. The van der Waals surface area contributed by atoms with Crippen LogP contribution in [0.4, 0.5) is 17.6 Å². The Morgan fingerprint density at radius 2 is 1.87 bits per heavy atom. The fourth-order valence-electron chi connectivity index (χ4n) is 2.99. The summed E-state index contributed by atoms with van der Waals surface area (Å²) in [5.41, 5.74) is 6.86. The molecule has 3 aromatic heterocycles. The maximum atomic E-state index is 14.2. The SMILES string of the molecule is NC(=NC(=O)C(F)F)c1cnc2ccc(-c3cn[nH]c3-c3c(F)cccc3F)cn12. The number of fused-ring (bicyclic) bond motifs is 1. The Kier molecular flexibility index (Phi) is 4.78. The van der Waals surface area contributed by atoms with Gasteiger partial charge < -0.3 is 5.73 Å². The number of pyridine rings is 1. The molecule has 0 bridgehead atoms. The maximum Gasteiger partial charge on any atom is 0.317 e. The number of imidazole rings is 1. The summed E-state index contributed by atoms with van der Waals surface area (Å²) in [6.07, 6.45) is 0.878. The summed E-state index contributed by atoms with van der Waals surface area (Å²) >= 11 is 0. The van der Waals surface area contributed by atoms with E-state index in [-0.39, 0.29) is 17.0 Å². The smallest absolute Gasteiger partial charge is 0.317 e. The third-order valence-electron chi connectivity index (χ3n) is 4.35. The lowest BCUT2D eigenvalue weighted by Gasteiger charge is -2.08. The van der Waals surface area contributed by atoms with Gasteiger partial charge in [0, 0.05) is 17.3 Å². The molecular weight excluding hydrogens is 404 g/mol. The zero-order chi connectivity index (χ0) is 21.4. The van der Waals surface area contributed by atoms with Crippen molar-refractivity contribution in [2.45, 2.75) is 6.43 Å². The second-order valence-electron chi connectivity index (χ2n) is 6.18. The van der Waals surface area contributed by atoms with Crippen LogP contribution in [0, 0.1) is 11.6 Å². The molecule has 0 radical (unpaired) electrons. The fourth-order valence-corrected chi connectivity index (χ4v) is 2.99. The first-order chi connectivity index (χ1) is 14.4. The molecule has 3 N–H and O–H groups in total. The number of benzene rings is 1. The number of amidine groups is 1. The van der Waals surface area contributed by atoms with E-state index < -0.39 is 29.8 Å². The molecule has 0 saturated heterocycles. The molecule has 152 valence electrons. The van der Waals surface area contributed by atoms with Gasteiger partial charge in [-0.15, -0.1) is 0 Å². The van der Waals surface area contributed by atoms with Gasteiger partial charge in [-0.25, -0.2) is 13.8 Å². The minimum absolute atomic E-state index is 0.1000. The van der Waals surface area contributed by atoms with E-state index in [0.29, 0.717) is 16.8 Å². The molecule has 0 unspecified atom stereocenters. The molecule has 0 aliphatic rings. The number of carbonyl (C=O) groups is 1. The third kappa shape index (κ3) is 3.30. The van der Waals surface area contributed by atoms with E-state index in [1.807, 2.05) is 0 Å². The number of aliphatic imine (C=N–C) groups is 1. The van der Waals surface area contributed by atoms with E-state index in [4.69, 9.17) is 5.73 Å². The van der Waals surface area contributed by atoms with Crippen molar-refractivity contribution in [3.05, 3.63) is 66.3 Å². The predicted octanol–water partition coefficient (Wildman–Crippen LogP) is 3.17. The molecule has 0 fully saturated rings. The van der Waals surface area contributed by atoms with Gasteiger partial charge in [0.2, 0.25) is 0 Å².